The van der Waals surface area contributed by atoms with Crippen LogP contribution in [0.3, 0.4) is 0 Å². The van der Waals surface area contributed by atoms with Crippen LogP contribution in [0, 0.1) is 25.2 Å². The third kappa shape index (κ3) is 4.30. The third-order valence-electron chi connectivity index (χ3n) is 5.00. The molecule has 2 aromatic rings. The fraction of sp³-hybridized carbons (Fsp3) is 0.421. The lowest BCUT2D eigenvalue weighted by Gasteiger charge is -2.34. The highest BCUT2D eigenvalue weighted by Gasteiger charge is 2.27. The summed E-state index contributed by atoms with van der Waals surface area (Å²) in [5.41, 5.74) is 1.70. The van der Waals surface area contributed by atoms with E-state index < -0.39 is 15.6 Å². The van der Waals surface area contributed by atoms with Gasteiger partial charge in [0.25, 0.3) is 5.56 Å². The zero-order valence-corrected chi connectivity index (χ0v) is 16.8. The Hall–Kier alpha value is -2.54. The molecule has 0 spiro atoms. The summed E-state index contributed by atoms with van der Waals surface area (Å²) in [4.78, 5) is 14.4. The number of aromatic nitrogens is 2. The second kappa shape index (κ2) is 8.22. The van der Waals surface area contributed by atoms with Gasteiger partial charge in [0.2, 0.25) is 10.0 Å². The minimum Gasteiger partial charge on any atom is -0.282 e. The fourth-order valence-electron chi connectivity index (χ4n) is 3.21. The molecule has 28 heavy (non-hydrogen) atoms. The molecule has 1 aromatic heterocycles. The van der Waals surface area contributed by atoms with Crippen molar-refractivity contribution in [3.8, 4) is 6.07 Å². The quantitative estimate of drug-likeness (QED) is 0.736. The molecule has 0 aliphatic carbocycles. The summed E-state index contributed by atoms with van der Waals surface area (Å²) < 4.78 is 28.1. The molecule has 0 bridgehead atoms. The van der Waals surface area contributed by atoms with Gasteiger partial charge in [0, 0.05) is 26.2 Å². The Morgan fingerprint density at radius 3 is 2.36 bits per heavy atom. The van der Waals surface area contributed by atoms with Crippen molar-refractivity contribution in [2.24, 2.45) is 0 Å². The van der Waals surface area contributed by atoms with Gasteiger partial charge >= 0.3 is 0 Å². The number of nitriles is 1. The first kappa shape index (κ1) is 20.2. The van der Waals surface area contributed by atoms with Gasteiger partial charge in [-0.15, -0.1) is 0 Å². The Balaban J connectivity index is 1.66. The van der Waals surface area contributed by atoms with Gasteiger partial charge in [0.15, 0.2) is 0 Å². The SMILES string of the molecule is Cc1nn(CN2CCN(S(=O)(=O)Cc3ccccc3)CC2)c(=O)c(C#N)c1C. The van der Waals surface area contributed by atoms with Crippen LogP contribution in [0.1, 0.15) is 22.4 Å². The number of nitrogens with zero attached hydrogens (tertiary/aromatic N) is 5. The number of piperazine rings is 1. The zero-order chi connectivity index (χ0) is 20.3. The second-order valence-electron chi connectivity index (χ2n) is 6.90. The average Bonchev–Trinajstić information content (AvgIpc) is 2.67. The topological polar surface area (TPSA) is 99.3 Å². The van der Waals surface area contributed by atoms with E-state index in [-0.39, 0.29) is 18.0 Å². The number of benzene rings is 1. The van der Waals surface area contributed by atoms with Crippen LogP contribution in [-0.2, 0) is 22.4 Å². The van der Waals surface area contributed by atoms with Crippen LogP contribution in [0.25, 0.3) is 0 Å². The van der Waals surface area contributed by atoms with Crippen LogP contribution in [0.15, 0.2) is 35.1 Å². The maximum atomic E-state index is 12.6. The number of aryl methyl sites for hydroxylation is 1. The van der Waals surface area contributed by atoms with Gasteiger partial charge in [0.05, 0.1) is 18.1 Å². The molecule has 148 valence electrons. The van der Waals surface area contributed by atoms with Crippen molar-refractivity contribution >= 4 is 10.0 Å². The van der Waals surface area contributed by atoms with Crippen LogP contribution < -0.4 is 5.56 Å². The third-order valence-corrected chi connectivity index (χ3v) is 6.85. The monoisotopic (exact) mass is 401 g/mol. The lowest BCUT2D eigenvalue weighted by Crippen LogP contribution is -2.50. The standard InChI is InChI=1S/C19H23N5O3S/c1-15-16(2)21-24(19(25)18(15)12-20)14-22-8-10-23(11-9-22)28(26,27)13-17-6-4-3-5-7-17/h3-7H,8-11,13-14H2,1-2H3. The van der Waals surface area contributed by atoms with Crippen molar-refractivity contribution in [1.82, 2.24) is 19.0 Å². The van der Waals surface area contributed by atoms with Gasteiger partial charge in [-0.05, 0) is 25.0 Å². The summed E-state index contributed by atoms with van der Waals surface area (Å²) in [6, 6.07) is 11.1. The van der Waals surface area contributed by atoms with E-state index in [0.717, 1.165) is 5.56 Å². The Morgan fingerprint density at radius 1 is 1.11 bits per heavy atom. The molecule has 3 rings (SSSR count). The van der Waals surface area contributed by atoms with E-state index in [1.54, 1.807) is 26.0 Å². The van der Waals surface area contributed by atoms with Crippen molar-refractivity contribution in [2.45, 2.75) is 26.3 Å². The summed E-state index contributed by atoms with van der Waals surface area (Å²) in [7, 11) is -3.38. The molecule has 1 fully saturated rings. The molecule has 0 saturated carbocycles. The molecule has 8 nitrogen and oxygen atoms in total. The molecule has 1 aromatic carbocycles. The first-order chi connectivity index (χ1) is 13.3. The van der Waals surface area contributed by atoms with E-state index in [9.17, 15) is 18.5 Å². The van der Waals surface area contributed by atoms with Crippen molar-refractivity contribution in [3.05, 3.63) is 63.1 Å². The fourth-order valence-corrected chi connectivity index (χ4v) is 4.73. The van der Waals surface area contributed by atoms with Gasteiger partial charge in [-0.3, -0.25) is 9.69 Å². The Labute approximate surface area is 164 Å². The molecule has 0 unspecified atom stereocenters. The molecule has 0 radical (unpaired) electrons. The smallest absolute Gasteiger partial charge is 0.282 e. The largest absolute Gasteiger partial charge is 0.286 e. The van der Waals surface area contributed by atoms with Gasteiger partial charge < -0.3 is 0 Å². The molecule has 1 aliphatic rings. The Morgan fingerprint density at radius 2 is 1.75 bits per heavy atom. The molecule has 1 saturated heterocycles. The molecule has 2 heterocycles. The van der Waals surface area contributed by atoms with E-state index in [4.69, 9.17) is 0 Å². The summed E-state index contributed by atoms with van der Waals surface area (Å²) in [5.74, 6) is -0.0163. The molecule has 0 N–H and O–H groups in total. The highest BCUT2D eigenvalue weighted by Crippen LogP contribution is 2.14. The van der Waals surface area contributed by atoms with E-state index >= 15 is 0 Å². The van der Waals surface area contributed by atoms with Crippen molar-refractivity contribution in [3.63, 3.8) is 0 Å². The van der Waals surface area contributed by atoms with Crippen LogP contribution in [-0.4, -0.2) is 53.6 Å². The van der Waals surface area contributed by atoms with E-state index in [1.807, 2.05) is 29.2 Å². The maximum absolute atomic E-state index is 12.6. The Bertz CT molecular complexity index is 1050. The van der Waals surface area contributed by atoms with Crippen LogP contribution in [0.4, 0.5) is 0 Å². The number of sulfonamides is 1. The van der Waals surface area contributed by atoms with Gasteiger partial charge in [-0.2, -0.15) is 14.7 Å². The molecular weight excluding hydrogens is 378 g/mol. The predicted molar refractivity (Wildman–Crippen MR) is 105 cm³/mol. The summed E-state index contributed by atoms with van der Waals surface area (Å²) in [5, 5.41) is 13.5. The predicted octanol–water partition coefficient (Wildman–Crippen LogP) is 0.837. The molecular formula is C19H23N5O3S. The normalized spacial score (nSPS) is 16.0. The van der Waals surface area contributed by atoms with Crippen molar-refractivity contribution in [2.75, 3.05) is 26.2 Å². The summed E-state index contributed by atoms with van der Waals surface area (Å²) in [6.45, 7) is 5.43. The maximum Gasteiger partial charge on any atom is 0.286 e. The highest BCUT2D eigenvalue weighted by atomic mass is 32.2. The first-order valence-corrected chi connectivity index (χ1v) is 10.7. The first-order valence-electron chi connectivity index (χ1n) is 9.04. The van der Waals surface area contributed by atoms with E-state index in [0.29, 0.717) is 37.4 Å². The van der Waals surface area contributed by atoms with Gasteiger partial charge in [0.1, 0.15) is 11.6 Å². The minimum atomic E-state index is -3.38. The number of rotatable bonds is 5. The van der Waals surface area contributed by atoms with Crippen LogP contribution in [0.5, 0.6) is 0 Å². The molecule has 9 heteroatoms. The lowest BCUT2D eigenvalue weighted by atomic mass is 10.1. The molecule has 1 aliphatic heterocycles. The van der Waals surface area contributed by atoms with E-state index in [1.165, 1.54) is 8.99 Å². The van der Waals surface area contributed by atoms with Gasteiger partial charge in [-0.25, -0.2) is 13.1 Å². The van der Waals surface area contributed by atoms with Crippen molar-refractivity contribution in [1.29, 1.82) is 5.26 Å². The lowest BCUT2D eigenvalue weighted by molar-refractivity contribution is 0.142. The zero-order valence-electron chi connectivity index (χ0n) is 16.0. The minimum absolute atomic E-state index is 0.0163. The van der Waals surface area contributed by atoms with E-state index in [2.05, 4.69) is 5.10 Å². The average molecular weight is 401 g/mol. The second-order valence-corrected chi connectivity index (χ2v) is 8.87. The van der Waals surface area contributed by atoms with Crippen molar-refractivity contribution < 1.29 is 8.42 Å². The Kier molecular flexibility index (Phi) is 5.93. The van der Waals surface area contributed by atoms with Crippen LogP contribution in [0.2, 0.25) is 0 Å². The molecule has 0 atom stereocenters. The number of hydrogen-bond donors (Lipinski definition) is 0. The summed E-state index contributed by atoms with van der Waals surface area (Å²) in [6.07, 6.45) is 0. The number of hydrogen-bond acceptors (Lipinski definition) is 6. The van der Waals surface area contributed by atoms with Crippen LogP contribution >= 0.6 is 0 Å². The highest BCUT2D eigenvalue weighted by molar-refractivity contribution is 7.88. The van der Waals surface area contributed by atoms with Gasteiger partial charge in [-0.1, -0.05) is 30.3 Å². The summed E-state index contributed by atoms with van der Waals surface area (Å²) >= 11 is 0. The molecule has 0 amide bonds.